The Hall–Kier alpha value is -3.76. The van der Waals surface area contributed by atoms with Crippen molar-refractivity contribution in [3.63, 3.8) is 0 Å². The molecule has 3 aromatic rings. The van der Waals surface area contributed by atoms with Gasteiger partial charge in [0.15, 0.2) is 0 Å². The molecule has 3 rings (SSSR count). The molecule has 11 heteroatoms. The van der Waals surface area contributed by atoms with Crippen LogP contribution in [0.15, 0.2) is 58.1 Å². The summed E-state index contributed by atoms with van der Waals surface area (Å²) >= 11 is 0. The molecule has 7 nitrogen and oxygen atoms in total. The van der Waals surface area contributed by atoms with Crippen molar-refractivity contribution < 1.29 is 22.4 Å². The summed E-state index contributed by atoms with van der Waals surface area (Å²) in [7, 11) is 0. The van der Waals surface area contributed by atoms with Gasteiger partial charge < -0.3 is 5.32 Å². The van der Waals surface area contributed by atoms with Gasteiger partial charge >= 0.3 is 11.9 Å². The second-order valence-corrected chi connectivity index (χ2v) is 7.39. The second-order valence-electron chi connectivity index (χ2n) is 7.39. The predicted octanol–water partition coefficient (Wildman–Crippen LogP) is 3.13. The van der Waals surface area contributed by atoms with Crippen LogP contribution in [-0.4, -0.2) is 26.3 Å². The number of hydrogen-bond acceptors (Lipinski definition) is 4. The van der Waals surface area contributed by atoms with E-state index in [0.29, 0.717) is 27.3 Å². The number of benzene rings is 2. The molecule has 1 heterocycles. The number of hydrogen-bond donors (Lipinski definition) is 1. The van der Waals surface area contributed by atoms with Gasteiger partial charge in [0.2, 0.25) is 5.69 Å². The van der Waals surface area contributed by atoms with Gasteiger partial charge in [-0.25, -0.2) is 9.18 Å². The van der Waals surface area contributed by atoms with Crippen molar-refractivity contribution in [3.8, 4) is 5.69 Å². The quantitative estimate of drug-likeness (QED) is 0.568. The normalized spacial score (nSPS) is 12.4. The molecule has 0 radical (unpaired) electrons. The smallest absolute Gasteiger partial charge is 0.348 e. The van der Waals surface area contributed by atoms with Crippen LogP contribution in [0.25, 0.3) is 5.69 Å². The third-order valence-electron chi connectivity index (χ3n) is 4.94. The summed E-state index contributed by atoms with van der Waals surface area (Å²) in [6, 6.07) is 8.42. The third kappa shape index (κ3) is 5.36. The first kappa shape index (κ1) is 23.9. The first-order chi connectivity index (χ1) is 15.5. The molecule has 2 aromatic carbocycles. The minimum atomic E-state index is -4.68. The fourth-order valence-electron chi connectivity index (χ4n) is 2.95. The SMILES string of the molecule is CCC(C)NC(=O)c1nn(-c2cccc(C(F)(F)F)c2)c(=O)n(Cc2ccc(F)cc2)c1=O. The van der Waals surface area contributed by atoms with Crippen LogP contribution in [0.1, 0.15) is 41.9 Å². The van der Waals surface area contributed by atoms with E-state index in [1.807, 2.05) is 0 Å². The van der Waals surface area contributed by atoms with Crippen molar-refractivity contribution in [3.05, 3.63) is 92.0 Å². The maximum atomic E-state index is 13.2. The van der Waals surface area contributed by atoms with E-state index in [9.17, 15) is 31.9 Å². The standard InChI is InChI=1S/C22H20F4N4O3/c1-3-13(2)27-19(31)18-20(32)29(12-14-7-9-16(23)10-8-14)21(33)30(28-18)17-6-4-5-15(11-17)22(24,25)26/h4-11,13H,3,12H2,1-2H3,(H,27,31). The van der Waals surface area contributed by atoms with Gasteiger partial charge in [0.25, 0.3) is 11.5 Å². The van der Waals surface area contributed by atoms with E-state index in [-0.39, 0.29) is 18.3 Å². The van der Waals surface area contributed by atoms with E-state index < -0.39 is 40.4 Å². The van der Waals surface area contributed by atoms with Crippen molar-refractivity contribution in [1.29, 1.82) is 0 Å². The van der Waals surface area contributed by atoms with Crippen LogP contribution in [-0.2, 0) is 12.7 Å². The molecule has 33 heavy (non-hydrogen) atoms. The summed E-state index contributed by atoms with van der Waals surface area (Å²) in [6.07, 6.45) is -4.14. The Labute approximate surface area is 185 Å². The van der Waals surface area contributed by atoms with E-state index in [2.05, 4.69) is 10.4 Å². The van der Waals surface area contributed by atoms with Gasteiger partial charge in [0.05, 0.1) is 17.8 Å². The molecule has 0 bridgehead atoms. The van der Waals surface area contributed by atoms with E-state index in [4.69, 9.17) is 0 Å². The first-order valence-corrected chi connectivity index (χ1v) is 9.98. The van der Waals surface area contributed by atoms with Crippen molar-refractivity contribution in [2.75, 3.05) is 0 Å². The zero-order chi connectivity index (χ0) is 24.3. The van der Waals surface area contributed by atoms with Crippen LogP contribution in [0.5, 0.6) is 0 Å². The molecular formula is C22H20F4N4O3. The number of alkyl halides is 3. The Bertz CT molecular complexity index is 1280. The minimum Gasteiger partial charge on any atom is -0.348 e. The highest BCUT2D eigenvalue weighted by Gasteiger charge is 2.31. The third-order valence-corrected chi connectivity index (χ3v) is 4.94. The van der Waals surface area contributed by atoms with Crippen LogP contribution < -0.4 is 16.6 Å². The fraction of sp³-hybridized carbons (Fsp3) is 0.273. The molecule has 0 aliphatic carbocycles. The van der Waals surface area contributed by atoms with Crippen LogP contribution in [0.4, 0.5) is 17.6 Å². The van der Waals surface area contributed by atoms with E-state index in [1.54, 1.807) is 13.8 Å². The lowest BCUT2D eigenvalue weighted by Crippen LogP contribution is -2.47. The highest BCUT2D eigenvalue weighted by molar-refractivity contribution is 5.91. The second kappa shape index (κ2) is 9.39. The number of amides is 1. The van der Waals surface area contributed by atoms with Gasteiger partial charge in [-0.15, -0.1) is 0 Å². The Balaban J connectivity index is 2.21. The fourth-order valence-corrected chi connectivity index (χ4v) is 2.95. The lowest BCUT2D eigenvalue weighted by Gasteiger charge is -2.15. The highest BCUT2D eigenvalue weighted by atomic mass is 19.4. The zero-order valence-electron chi connectivity index (χ0n) is 17.7. The van der Waals surface area contributed by atoms with Gasteiger partial charge in [-0.1, -0.05) is 25.1 Å². The molecule has 0 fully saturated rings. The zero-order valence-corrected chi connectivity index (χ0v) is 17.7. The molecule has 174 valence electrons. The predicted molar refractivity (Wildman–Crippen MR) is 112 cm³/mol. The molecule has 1 amide bonds. The maximum absolute atomic E-state index is 13.2. The number of nitrogens with zero attached hydrogens (tertiary/aromatic N) is 3. The first-order valence-electron chi connectivity index (χ1n) is 9.98. The summed E-state index contributed by atoms with van der Waals surface area (Å²) in [4.78, 5) is 38.7. The molecule has 0 aliphatic heterocycles. The minimum absolute atomic E-state index is 0.278. The molecular weight excluding hydrogens is 444 g/mol. The van der Waals surface area contributed by atoms with Crippen molar-refractivity contribution >= 4 is 5.91 Å². The van der Waals surface area contributed by atoms with Crippen molar-refractivity contribution in [2.45, 2.75) is 39.0 Å². The van der Waals surface area contributed by atoms with Gasteiger partial charge in [-0.05, 0) is 49.2 Å². The molecule has 1 unspecified atom stereocenters. The van der Waals surface area contributed by atoms with E-state index in [0.717, 1.165) is 24.3 Å². The van der Waals surface area contributed by atoms with Crippen LogP contribution in [0, 0.1) is 5.82 Å². The summed E-state index contributed by atoms with van der Waals surface area (Å²) in [5, 5.41) is 6.36. The number of rotatable bonds is 6. The topological polar surface area (TPSA) is 86.0 Å². The summed E-state index contributed by atoms with van der Waals surface area (Å²) in [5.74, 6) is -1.40. The summed E-state index contributed by atoms with van der Waals surface area (Å²) in [5.41, 5.74) is -3.67. The maximum Gasteiger partial charge on any atom is 0.416 e. The largest absolute Gasteiger partial charge is 0.416 e. The molecule has 0 spiro atoms. The molecule has 1 aromatic heterocycles. The van der Waals surface area contributed by atoms with Gasteiger partial charge in [0, 0.05) is 6.04 Å². The van der Waals surface area contributed by atoms with Crippen LogP contribution in [0.3, 0.4) is 0 Å². The van der Waals surface area contributed by atoms with Crippen LogP contribution in [0.2, 0.25) is 0 Å². The number of nitrogens with one attached hydrogen (secondary N) is 1. The van der Waals surface area contributed by atoms with Crippen molar-refractivity contribution in [2.24, 2.45) is 0 Å². The van der Waals surface area contributed by atoms with E-state index in [1.165, 1.54) is 18.2 Å². The summed E-state index contributed by atoms with van der Waals surface area (Å²) < 4.78 is 54.0. The lowest BCUT2D eigenvalue weighted by molar-refractivity contribution is -0.137. The number of carbonyl (C=O) groups is 1. The molecule has 0 aliphatic rings. The highest BCUT2D eigenvalue weighted by Crippen LogP contribution is 2.29. The Morgan fingerprint density at radius 3 is 2.39 bits per heavy atom. The Morgan fingerprint density at radius 2 is 1.79 bits per heavy atom. The number of halogens is 4. The average molecular weight is 464 g/mol. The molecule has 0 saturated carbocycles. The number of carbonyl (C=O) groups excluding carboxylic acids is 1. The molecule has 1 N–H and O–H groups in total. The van der Waals surface area contributed by atoms with E-state index >= 15 is 0 Å². The Kier molecular flexibility index (Phi) is 6.80. The van der Waals surface area contributed by atoms with Crippen molar-refractivity contribution in [1.82, 2.24) is 19.7 Å². The van der Waals surface area contributed by atoms with Gasteiger partial charge in [0.1, 0.15) is 5.82 Å². The Morgan fingerprint density at radius 1 is 1.12 bits per heavy atom. The van der Waals surface area contributed by atoms with Gasteiger partial charge in [-0.3, -0.25) is 14.2 Å². The monoisotopic (exact) mass is 464 g/mol. The lowest BCUT2D eigenvalue weighted by atomic mass is 10.2. The summed E-state index contributed by atoms with van der Waals surface area (Å²) in [6.45, 7) is 3.15. The number of aromatic nitrogens is 3. The van der Waals surface area contributed by atoms with Gasteiger partial charge in [-0.2, -0.15) is 23.0 Å². The molecule has 1 atom stereocenters. The van der Waals surface area contributed by atoms with Crippen LogP contribution >= 0.6 is 0 Å². The molecule has 0 saturated heterocycles. The average Bonchev–Trinajstić information content (AvgIpc) is 2.77.